The van der Waals surface area contributed by atoms with Gasteiger partial charge in [0.2, 0.25) is 0 Å². The van der Waals surface area contributed by atoms with Gasteiger partial charge in [-0.1, -0.05) is 0 Å². The second-order valence-corrected chi connectivity index (χ2v) is 3.49. The van der Waals surface area contributed by atoms with E-state index < -0.39 is 10.8 Å². The summed E-state index contributed by atoms with van der Waals surface area (Å²) in [6.45, 7) is 3.35. The molecule has 1 aromatic carbocycles. The van der Waals surface area contributed by atoms with Crippen molar-refractivity contribution in [3.8, 4) is 11.8 Å². The Labute approximate surface area is 93.4 Å². The van der Waals surface area contributed by atoms with Crippen LogP contribution in [0.4, 0.5) is 5.69 Å². The first kappa shape index (κ1) is 12.0. The first-order chi connectivity index (χ1) is 7.51. The molecule has 0 aliphatic heterocycles. The van der Waals surface area contributed by atoms with E-state index in [9.17, 15) is 10.1 Å². The number of nitro benzene ring substituents is 1. The summed E-state index contributed by atoms with van der Waals surface area (Å²) in [6, 6.07) is 4.98. The van der Waals surface area contributed by atoms with Crippen molar-refractivity contribution in [1.29, 1.82) is 5.26 Å². The van der Waals surface area contributed by atoms with Crippen LogP contribution in [0.5, 0.6) is 5.75 Å². The monoisotopic (exact) mass is 220 g/mol. The first-order valence-electron chi connectivity index (χ1n) is 4.73. The van der Waals surface area contributed by atoms with Gasteiger partial charge in [-0.05, 0) is 25.5 Å². The highest BCUT2D eigenvalue weighted by Gasteiger charge is 2.21. The Hall–Kier alpha value is -2.09. The van der Waals surface area contributed by atoms with Crippen LogP contribution in [0.15, 0.2) is 12.1 Å². The van der Waals surface area contributed by atoms with Crippen LogP contribution in [0, 0.1) is 28.4 Å². The van der Waals surface area contributed by atoms with Crippen LogP contribution in [0.3, 0.4) is 0 Å². The minimum Gasteiger partial charge on any atom is -0.496 e. The lowest BCUT2D eigenvalue weighted by molar-refractivity contribution is -0.385. The van der Waals surface area contributed by atoms with E-state index in [-0.39, 0.29) is 5.69 Å². The number of benzene rings is 1. The standard InChI is InChI=1S/C11H12N2O3/c1-7-4-10(13(14)15)9(8(2)6-12)5-11(7)16-3/h4-5,8H,1-3H3. The van der Waals surface area contributed by atoms with Gasteiger partial charge in [0.1, 0.15) is 5.75 Å². The molecule has 0 aromatic heterocycles. The highest BCUT2D eigenvalue weighted by molar-refractivity contribution is 5.52. The van der Waals surface area contributed by atoms with Crippen LogP contribution in [-0.2, 0) is 0 Å². The average Bonchev–Trinajstić information content (AvgIpc) is 2.27. The van der Waals surface area contributed by atoms with Crippen LogP contribution in [0.1, 0.15) is 24.0 Å². The fourth-order valence-corrected chi connectivity index (χ4v) is 1.48. The predicted octanol–water partition coefficient (Wildman–Crippen LogP) is 2.54. The van der Waals surface area contributed by atoms with Crippen LogP contribution in [0.2, 0.25) is 0 Å². The zero-order chi connectivity index (χ0) is 12.3. The third kappa shape index (κ3) is 2.11. The lowest BCUT2D eigenvalue weighted by atomic mass is 9.98. The van der Waals surface area contributed by atoms with Crippen LogP contribution in [-0.4, -0.2) is 12.0 Å². The van der Waals surface area contributed by atoms with Crippen molar-refractivity contribution in [3.05, 3.63) is 33.4 Å². The number of hydrogen-bond donors (Lipinski definition) is 0. The molecule has 0 N–H and O–H groups in total. The van der Waals surface area contributed by atoms with Crippen molar-refractivity contribution in [2.75, 3.05) is 7.11 Å². The molecule has 0 spiro atoms. The molecule has 0 amide bonds. The Bertz CT molecular complexity index is 463. The Balaban J connectivity index is 3.44. The van der Waals surface area contributed by atoms with E-state index in [0.29, 0.717) is 16.9 Å². The van der Waals surface area contributed by atoms with Crippen LogP contribution >= 0.6 is 0 Å². The first-order valence-corrected chi connectivity index (χ1v) is 4.73. The highest BCUT2D eigenvalue weighted by atomic mass is 16.6. The molecule has 0 heterocycles. The molecule has 0 aliphatic carbocycles. The zero-order valence-electron chi connectivity index (χ0n) is 9.35. The van der Waals surface area contributed by atoms with Gasteiger partial charge in [-0.25, -0.2) is 0 Å². The number of nitriles is 1. The van der Waals surface area contributed by atoms with Gasteiger partial charge >= 0.3 is 0 Å². The van der Waals surface area contributed by atoms with E-state index in [1.807, 2.05) is 6.07 Å². The summed E-state index contributed by atoms with van der Waals surface area (Å²) in [4.78, 5) is 10.4. The minimum atomic E-state index is -0.533. The lowest BCUT2D eigenvalue weighted by Gasteiger charge is -2.09. The number of ether oxygens (including phenoxy) is 1. The number of nitrogens with zero attached hydrogens (tertiary/aromatic N) is 2. The summed E-state index contributed by atoms with van der Waals surface area (Å²) < 4.78 is 5.08. The maximum Gasteiger partial charge on any atom is 0.274 e. The molecule has 1 rings (SSSR count). The minimum absolute atomic E-state index is 0.0349. The Morgan fingerprint density at radius 2 is 2.19 bits per heavy atom. The van der Waals surface area contributed by atoms with E-state index in [0.717, 1.165) is 0 Å². The molecule has 1 aromatic rings. The maximum absolute atomic E-state index is 10.8. The number of aryl methyl sites for hydroxylation is 1. The van der Waals surface area contributed by atoms with E-state index in [1.165, 1.54) is 13.2 Å². The summed E-state index contributed by atoms with van der Waals surface area (Å²) in [7, 11) is 1.50. The average molecular weight is 220 g/mol. The molecule has 5 nitrogen and oxygen atoms in total. The highest BCUT2D eigenvalue weighted by Crippen LogP contribution is 2.32. The molecule has 0 radical (unpaired) electrons. The summed E-state index contributed by atoms with van der Waals surface area (Å²) in [6.07, 6.45) is 0. The maximum atomic E-state index is 10.8. The van der Waals surface area contributed by atoms with Crippen LogP contribution < -0.4 is 4.74 Å². The Morgan fingerprint density at radius 1 is 1.56 bits per heavy atom. The molecule has 0 saturated carbocycles. The van der Waals surface area contributed by atoms with E-state index >= 15 is 0 Å². The number of nitro groups is 1. The summed E-state index contributed by atoms with van der Waals surface area (Å²) in [5.41, 5.74) is 1.03. The molecule has 0 bridgehead atoms. The third-order valence-electron chi connectivity index (χ3n) is 2.40. The summed E-state index contributed by atoms with van der Waals surface area (Å²) in [5.74, 6) is 0.0256. The number of rotatable bonds is 3. The van der Waals surface area contributed by atoms with Gasteiger partial charge in [0.05, 0.1) is 29.6 Å². The molecule has 16 heavy (non-hydrogen) atoms. The van der Waals surface area contributed by atoms with Crippen LogP contribution in [0.25, 0.3) is 0 Å². The SMILES string of the molecule is COc1cc(C(C)C#N)c([N+](=O)[O-])cc1C. The normalized spacial score (nSPS) is 11.6. The van der Waals surface area contributed by atoms with Gasteiger partial charge in [-0.2, -0.15) is 5.26 Å². The van der Waals surface area contributed by atoms with Gasteiger partial charge < -0.3 is 4.74 Å². The van der Waals surface area contributed by atoms with Crippen molar-refractivity contribution in [2.24, 2.45) is 0 Å². The van der Waals surface area contributed by atoms with Gasteiger partial charge in [0.25, 0.3) is 5.69 Å². The fourth-order valence-electron chi connectivity index (χ4n) is 1.48. The molecule has 1 unspecified atom stereocenters. The van der Waals surface area contributed by atoms with E-state index in [4.69, 9.17) is 10.00 Å². The van der Waals surface area contributed by atoms with Crippen molar-refractivity contribution < 1.29 is 9.66 Å². The molecule has 0 saturated heterocycles. The van der Waals surface area contributed by atoms with Gasteiger partial charge in [0.15, 0.2) is 0 Å². The second kappa shape index (κ2) is 4.62. The Kier molecular flexibility index (Phi) is 3.46. The smallest absolute Gasteiger partial charge is 0.274 e. The number of hydrogen-bond acceptors (Lipinski definition) is 4. The van der Waals surface area contributed by atoms with Gasteiger partial charge in [-0.15, -0.1) is 0 Å². The zero-order valence-corrected chi connectivity index (χ0v) is 9.35. The molecular weight excluding hydrogens is 208 g/mol. The predicted molar refractivity (Wildman–Crippen MR) is 58.4 cm³/mol. The second-order valence-electron chi connectivity index (χ2n) is 3.49. The van der Waals surface area contributed by atoms with Crippen molar-refractivity contribution >= 4 is 5.69 Å². The molecule has 1 atom stereocenters. The number of methoxy groups -OCH3 is 1. The molecule has 84 valence electrons. The van der Waals surface area contributed by atoms with Crippen molar-refractivity contribution in [1.82, 2.24) is 0 Å². The summed E-state index contributed by atoms with van der Waals surface area (Å²) >= 11 is 0. The molecular formula is C11H12N2O3. The summed E-state index contributed by atoms with van der Waals surface area (Å²) in [5, 5.41) is 19.7. The van der Waals surface area contributed by atoms with Gasteiger partial charge in [0, 0.05) is 6.07 Å². The fraction of sp³-hybridized carbons (Fsp3) is 0.364. The quantitative estimate of drug-likeness (QED) is 0.579. The lowest BCUT2D eigenvalue weighted by Crippen LogP contribution is -2.00. The largest absolute Gasteiger partial charge is 0.496 e. The van der Waals surface area contributed by atoms with Crippen molar-refractivity contribution in [3.63, 3.8) is 0 Å². The van der Waals surface area contributed by atoms with Gasteiger partial charge in [-0.3, -0.25) is 10.1 Å². The molecule has 5 heteroatoms. The topological polar surface area (TPSA) is 76.2 Å². The van der Waals surface area contributed by atoms with Crippen molar-refractivity contribution in [2.45, 2.75) is 19.8 Å². The molecule has 0 fully saturated rings. The van der Waals surface area contributed by atoms with E-state index in [1.54, 1.807) is 19.9 Å². The third-order valence-corrected chi connectivity index (χ3v) is 2.40. The molecule has 0 aliphatic rings. The Morgan fingerprint density at radius 3 is 2.62 bits per heavy atom. The van der Waals surface area contributed by atoms with E-state index in [2.05, 4.69) is 0 Å².